The van der Waals surface area contributed by atoms with E-state index in [4.69, 9.17) is 4.74 Å². The Kier molecular flexibility index (Phi) is 9.73. The Morgan fingerprint density at radius 1 is 1.22 bits per heavy atom. The molecule has 2 heterocycles. The summed E-state index contributed by atoms with van der Waals surface area (Å²) in [4.78, 5) is 47.6. The number of ether oxygens (including phenoxy) is 1. The zero-order valence-electron chi connectivity index (χ0n) is 21.6. The fourth-order valence-corrected chi connectivity index (χ4v) is 4.07. The van der Waals surface area contributed by atoms with E-state index >= 15 is 0 Å². The van der Waals surface area contributed by atoms with Crippen LogP contribution in [0, 0.1) is 17.6 Å². The van der Waals surface area contributed by atoms with Crippen LogP contribution in [-0.4, -0.2) is 64.4 Å². The largest absolute Gasteiger partial charge is 0.377 e. The number of aromatic amines is 1. The van der Waals surface area contributed by atoms with Gasteiger partial charge >= 0.3 is 0 Å². The Hall–Kier alpha value is -3.34. The zero-order valence-corrected chi connectivity index (χ0v) is 21.6. The Morgan fingerprint density at radius 2 is 1.97 bits per heavy atom. The maximum absolute atomic E-state index is 14.2. The predicted molar refractivity (Wildman–Crippen MR) is 133 cm³/mol. The molecular weight excluding hydrogens is 484 g/mol. The van der Waals surface area contributed by atoms with Crippen molar-refractivity contribution < 1.29 is 27.9 Å². The number of imidazole rings is 1. The highest BCUT2D eigenvalue weighted by molar-refractivity contribution is 5.92. The van der Waals surface area contributed by atoms with Crippen LogP contribution >= 0.6 is 0 Å². The Bertz CT molecular complexity index is 1110. The molecule has 1 aromatic carbocycles. The van der Waals surface area contributed by atoms with Crippen LogP contribution in [0.1, 0.15) is 58.8 Å². The monoisotopic (exact) mass is 519 g/mol. The summed E-state index contributed by atoms with van der Waals surface area (Å²) < 4.78 is 32.8. The molecule has 3 atom stereocenters. The molecule has 11 heteroatoms. The van der Waals surface area contributed by atoms with Crippen molar-refractivity contribution in [3.05, 3.63) is 41.9 Å². The van der Waals surface area contributed by atoms with E-state index in [1.807, 2.05) is 20.8 Å². The Balaban J connectivity index is 1.70. The van der Waals surface area contributed by atoms with Crippen molar-refractivity contribution in [1.29, 1.82) is 0 Å². The molecule has 2 aromatic rings. The lowest BCUT2D eigenvalue weighted by molar-refractivity contribution is -0.142. The van der Waals surface area contributed by atoms with Gasteiger partial charge < -0.3 is 25.3 Å². The van der Waals surface area contributed by atoms with Crippen LogP contribution in [0.15, 0.2) is 24.4 Å². The number of benzene rings is 1. The molecule has 0 spiro atoms. The van der Waals surface area contributed by atoms with Crippen molar-refractivity contribution in [1.82, 2.24) is 25.5 Å². The van der Waals surface area contributed by atoms with Crippen LogP contribution in [0.4, 0.5) is 8.78 Å². The fourth-order valence-electron chi connectivity index (χ4n) is 4.07. The molecule has 0 bridgehead atoms. The highest BCUT2D eigenvalue weighted by atomic mass is 19.1. The maximum atomic E-state index is 14.2. The zero-order chi connectivity index (χ0) is 27.1. The summed E-state index contributed by atoms with van der Waals surface area (Å²) in [6, 6.07) is 1.37. The summed E-state index contributed by atoms with van der Waals surface area (Å²) in [6.45, 7) is 8.78. The molecule has 3 amide bonds. The second kappa shape index (κ2) is 12.8. The van der Waals surface area contributed by atoms with Gasteiger partial charge in [-0.05, 0) is 38.3 Å². The lowest BCUT2D eigenvalue weighted by Crippen LogP contribution is -2.53. The van der Waals surface area contributed by atoms with Gasteiger partial charge in [0.2, 0.25) is 17.7 Å². The molecular formula is C26H35F2N5O4. The van der Waals surface area contributed by atoms with Crippen LogP contribution in [-0.2, 0) is 19.1 Å². The van der Waals surface area contributed by atoms with Gasteiger partial charge in [0.15, 0.2) is 0 Å². The van der Waals surface area contributed by atoms with Crippen LogP contribution in [0.25, 0.3) is 11.3 Å². The van der Waals surface area contributed by atoms with Crippen molar-refractivity contribution in [2.45, 2.75) is 65.1 Å². The van der Waals surface area contributed by atoms with Crippen LogP contribution in [0.5, 0.6) is 0 Å². The highest BCUT2D eigenvalue weighted by Crippen LogP contribution is 2.23. The van der Waals surface area contributed by atoms with Gasteiger partial charge in [0.05, 0.1) is 43.6 Å². The summed E-state index contributed by atoms with van der Waals surface area (Å²) in [5, 5.41) is 5.49. The number of nitrogens with one attached hydrogen (secondary N) is 3. The van der Waals surface area contributed by atoms with E-state index < -0.39 is 29.6 Å². The summed E-state index contributed by atoms with van der Waals surface area (Å²) in [7, 11) is 0. The molecule has 1 fully saturated rings. The molecule has 37 heavy (non-hydrogen) atoms. The van der Waals surface area contributed by atoms with Crippen LogP contribution in [0.2, 0.25) is 0 Å². The van der Waals surface area contributed by atoms with E-state index in [0.29, 0.717) is 43.6 Å². The molecule has 202 valence electrons. The van der Waals surface area contributed by atoms with Gasteiger partial charge in [-0.15, -0.1) is 0 Å². The van der Waals surface area contributed by atoms with E-state index in [1.165, 1.54) is 12.3 Å². The van der Waals surface area contributed by atoms with Crippen molar-refractivity contribution in [3.8, 4) is 11.3 Å². The molecule has 1 aromatic heterocycles. The summed E-state index contributed by atoms with van der Waals surface area (Å²) in [5.41, 5.74) is 0.461. The van der Waals surface area contributed by atoms with Gasteiger partial charge in [0.25, 0.3) is 0 Å². The van der Waals surface area contributed by atoms with E-state index in [0.717, 1.165) is 12.1 Å². The molecule has 0 aliphatic carbocycles. The first-order valence-electron chi connectivity index (χ1n) is 12.5. The molecule has 9 nitrogen and oxygen atoms in total. The number of H-pyrrole nitrogens is 1. The van der Waals surface area contributed by atoms with Crippen LogP contribution in [0.3, 0.4) is 0 Å². The van der Waals surface area contributed by atoms with Gasteiger partial charge in [0.1, 0.15) is 23.5 Å². The van der Waals surface area contributed by atoms with Crippen molar-refractivity contribution in [3.63, 3.8) is 0 Å². The van der Waals surface area contributed by atoms with E-state index in [9.17, 15) is 23.2 Å². The Labute approximate surface area is 215 Å². The van der Waals surface area contributed by atoms with Crippen molar-refractivity contribution >= 4 is 17.7 Å². The Morgan fingerprint density at radius 3 is 2.65 bits per heavy atom. The van der Waals surface area contributed by atoms with Crippen LogP contribution < -0.4 is 10.6 Å². The first-order valence-corrected chi connectivity index (χ1v) is 12.5. The molecule has 1 aliphatic heterocycles. The number of nitrogens with zero attached hydrogens (tertiary/aromatic N) is 2. The molecule has 0 saturated carbocycles. The minimum Gasteiger partial charge on any atom is -0.377 e. The van der Waals surface area contributed by atoms with Gasteiger partial charge in [-0.2, -0.15) is 0 Å². The lowest BCUT2D eigenvalue weighted by Gasteiger charge is -2.34. The first-order chi connectivity index (χ1) is 17.5. The fraction of sp³-hybridized carbons (Fsp3) is 0.538. The molecule has 3 N–H and O–H groups in total. The maximum Gasteiger partial charge on any atom is 0.243 e. The lowest BCUT2D eigenvalue weighted by atomic mass is 10.1. The van der Waals surface area contributed by atoms with Gasteiger partial charge in [-0.3, -0.25) is 14.4 Å². The highest BCUT2D eigenvalue weighted by Gasteiger charge is 2.31. The predicted octanol–water partition coefficient (Wildman–Crippen LogP) is 3.09. The molecule has 3 rings (SSSR count). The number of halogens is 2. The smallest absolute Gasteiger partial charge is 0.243 e. The number of amides is 3. The van der Waals surface area contributed by atoms with Gasteiger partial charge in [0, 0.05) is 24.6 Å². The first kappa shape index (κ1) is 28.2. The minimum absolute atomic E-state index is 0.131. The number of aromatic nitrogens is 2. The second-order valence-corrected chi connectivity index (χ2v) is 9.80. The standard InChI is InChI=1S/C26H35F2N5O4/c1-15(2)5-8-23(34)31-21(12-24(35)33-9-10-37-14-16(33)3)26(36)30-17(4)25-29-13-22(32-25)19-7-6-18(27)11-20(19)28/h6-7,11,13,15-17,21H,5,8-10,12,14H2,1-4H3,(H,29,32)(H,30,36)(H,31,34)/t16?,17-,21-/m0/s1. The number of rotatable bonds is 10. The summed E-state index contributed by atoms with van der Waals surface area (Å²) >= 11 is 0. The average molecular weight is 520 g/mol. The van der Waals surface area contributed by atoms with Crippen molar-refractivity contribution in [2.75, 3.05) is 19.8 Å². The average Bonchev–Trinajstić information content (AvgIpc) is 3.32. The third kappa shape index (κ3) is 7.82. The summed E-state index contributed by atoms with van der Waals surface area (Å²) in [5.74, 6) is -1.88. The second-order valence-electron chi connectivity index (χ2n) is 9.80. The third-order valence-electron chi connectivity index (χ3n) is 6.25. The molecule has 1 aliphatic rings. The quantitative estimate of drug-likeness (QED) is 0.446. The van der Waals surface area contributed by atoms with Crippen molar-refractivity contribution in [2.24, 2.45) is 5.92 Å². The summed E-state index contributed by atoms with van der Waals surface area (Å²) in [6.07, 6.45) is 2.09. The number of morpholine rings is 1. The third-order valence-corrected chi connectivity index (χ3v) is 6.25. The van der Waals surface area contributed by atoms with E-state index in [-0.39, 0.29) is 36.3 Å². The SMILES string of the molecule is CC(C)CCC(=O)N[C@@H](CC(=O)N1CCOCC1C)C(=O)N[C@@H](C)c1ncc(-c2ccc(F)cc2F)[nH]1. The van der Waals surface area contributed by atoms with E-state index in [2.05, 4.69) is 20.6 Å². The topological polar surface area (TPSA) is 116 Å². The normalized spacial score (nSPS) is 17.4. The number of hydrogen-bond acceptors (Lipinski definition) is 5. The molecule has 1 saturated heterocycles. The van der Waals surface area contributed by atoms with E-state index in [1.54, 1.807) is 11.8 Å². The van der Waals surface area contributed by atoms with Gasteiger partial charge in [-0.25, -0.2) is 13.8 Å². The number of carbonyl (C=O) groups is 3. The number of carbonyl (C=O) groups excluding carboxylic acids is 3. The molecule has 0 radical (unpaired) electrons. The number of hydrogen-bond donors (Lipinski definition) is 3. The minimum atomic E-state index is -1.08. The molecule has 1 unspecified atom stereocenters. The van der Waals surface area contributed by atoms with Gasteiger partial charge in [-0.1, -0.05) is 13.8 Å².